The lowest BCUT2D eigenvalue weighted by atomic mass is 9.94. The summed E-state index contributed by atoms with van der Waals surface area (Å²) in [6.07, 6.45) is 5.53. The molecule has 110 valence electrons. The molecule has 0 aromatic heterocycles. The van der Waals surface area contributed by atoms with Crippen molar-refractivity contribution in [2.45, 2.75) is 46.5 Å². The van der Waals surface area contributed by atoms with Crippen LogP contribution in [0.25, 0.3) is 0 Å². The van der Waals surface area contributed by atoms with Crippen molar-refractivity contribution in [3.05, 3.63) is 0 Å². The second-order valence-corrected chi connectivity index (χ2v) is 6.39. The van der Waals surface area contributed by atoms with E-state index < -0.39 is 0 Å². The number of rotatable bonds is 7. The van der Waals surface area contributed by atoms with Crippen LogP contribution in [0.4, 0.5) is 0 Å². The lowest BCUT2D eigenvalue weighted by molar-refractivity contribution is -0.917. The smallest absolute Gasteiger partial charge is 0.102 e. The van der Waals surface area contributed by atoms with Gasteiger partial charge in [0.05, 0.1) is 26.8 Å². The maximum Gasteiger partial charge on any atom is 0.102 e. The molecule has 2 nitrogen and oxygen atoms in total. The van der Waals surface area contributed by atoms with Crippen molar-refractivity contribution in [2.75, 3.05) is 39.9 Å². The van der Waals surface area contributed by atoms with Gasteiger partial charge in [0.15, 0.2) is 0 Å². The van der Waals surface area contributed by atoms with Crippen LogP contribution in [0.5, 0.6) is 0 Å². The van der Waals surface area contributed by atoms with Crippen LogP contribution in [0.15, 0.2) is 0 Å². The maximum absolute atomic E-state index is 5.45. The van der Waals surface area contributed by atoms with Crippen molar-refractivity contribution in [3.8, 4) is 0 Å². The van der Waals surface area contributed by atoms with Crippen LogP contribution in [-0.2, 0) is 4.74 Å². The second kappa shape index (κ2) is 9.54. The van der Waals surface area contributed by atoms with Crippen LogP contribution in [-0.4, -0.2) is 44.4 Å². The van der Waals surface area contributed by atoms with E-state index in [4.69, 9.17) is 4.74 Å². The van der Waals surface area contributed by atoms with Crippen LogP contribution in [0.2, 0.25) is 0 Å². The molecule has 1 heterocycles. The second-order valence-electron chi connectivity index (χ2n) is 6.39. The highest BCUT2D eigenvalue weighted by molar-refractivity contribution is 4.58. The Morgan fingerprint density at radius 3 is 2.11 bits per heavy atom. The van der Waals surface area contributed by atoms with Gasteiger partial charge >= 0.3 is 0 Å². The number of quaternary nitrogens is 1. The van der Waals surface area contributed by atoms with Crippen molar-refractivity contribution in [1.82, 2.24) is 0 Å². The SMILES string of the molecule is CCC(C)CCC(C)CC[N+]1(C)CCOCC1.[I-]. The lowest BCUT2D eigenvalue weighted by Gasteiger charge is -2.38. The third-order valence-electron chi connectivity index (χ3n) is 4.56. The normalized spacial score (nSPS) is 22.0. The molecule has 1 saturated heterocycles. The zero-order valence-corrected chi connectivity index (χ0v) is 14.9. The number of hydrogen-bond donors (Lipinski definition) is 0. The van der Waals surface area contributed by atoms with E-state index in [0.717, 1.165) is 25.0 Å². The van der Waals surface area contributed by atoms with Crippen molar-refractivity contribution in [1.29, 1.82) is 0 Å². The molecule has 0 aromatic carbocycles. The van der Waals surface area contributed by atoms with Crippen molar-refractivity contribution < 1.29 is 33.2 Å². The number of likely N-dealkylation sites (N-methyl/N-ethyl adjacent to an activating group) is 1. The summed E-state index contributed by atoms with van der Waals surface area (Å²) in [4.78, 5) is 0. The summed E-state index contributed by atoms with van der Waals surface area (Å²) in [5.74, 6) is 1.80. The van der Waals surface area contributed by atoms with Crippen LogP contribution in [0, 0.1) is 11.8 Å². The van der Waals surface area contributed by atoms with E-state index in [1.54, 1.807) is 0 Å². The van der Waals surface area contributed by atoms with Gasteiger partial charge in [0, 0.05) is 0 Å². The fourth-order valence-electron chi connectivity index (χ4n) is 2.46. The van der Waals surface area contributed by atoms with E-state index in [2.05, 4.69) is 27.8 Å². The molecular formula is C15H32INO. The molecule has 0 spiro atoms. The molecule has 2 unspecified atom stereocenters. The van der Waals surface area contributed by atoms with E-state index in [1.807, 2.05) is 0 Å². The topological polar surface area (TPSA) is 9.23 Å². The monoisotopic (exact) mass is 369 g/mol. The van der Waals surface area contributed by atoms with Gasteiger partial charge in [0.25, 0.3) is 0 Å². The Balaban J connectivity index is 0.00000289. The number of halogens is 1. The number of morpholine rings is 1. The summed E-state index contributed by atoms with van der Waals surface area (Å²) >= 11 is 0. The fourth-order valence-corrected chi connectivity index (χ4v) is 2.46. The van der Waals surface area contributed by atoms with Gasteiger partial charge in [-0.2, -0.15) is 0 Å². The van der Waals surface area contributed by atoms with Crippen molar-refractivity contribution >= 4 is 0 Å². The van der Waals surface area contributed by atoms with Gasteiger partial charge in [-0.25, -0.2) is 0 Å². The Hall–Kier alpha value is 0.650. The average molecular weight is 369 g/mol. The summed E-state index contributed by atoms with van der Waals surface area (Å²) in [5, 5.41) is 0. The quantitative estimate of drug-likeness (QED) is 0.464. The van der Waals surface area contributed by atoms with Crippen LogP contribution in [0.3, 0.4) is 0 Å². The van der Waals surface area contributed by atoms with Crippen molar-refractivity contribution in [3.63, 3.8) is 0 Å². The first kappa shape index (κ1) is 18.7. The molecule has 0 radical (unpaired) electrons. The molecular weight excluding hydrogens is 337 g/mol. The predicted octanol–water partition coefficient (Wildman–Crippen LogP) is 0.320. The summed E-state index contributed by atoms with van der Waals surface area (Å²) in [6, 6.07) is 0. The van der Waals surface area contributed by atoms with E-state index in [1.165, 1.54) is 49.8 Å². The average Bonchev–Trinajstić information content (AvgIpc) is 2.34. The minimum atomic E-state index is 0. The molecule has 0 saturated carbocycles. The molecule has 1 rings (SSSR count). The number of ether oxygens (including phenoxy) is 1. The molecule has 0 amide bonds. The van der Waals surface area contributed by atoms with E-state index in [9.17, 15) is 0 Å². The first-order valence-corrected chi connectivity index (χ1v) is 7.47. The summed E-state index contributed by atoms with van der Waals surface area (Å²) in [5.41, 5.74) is 0. The van der Waals surface area contributed by atoms with E-state index in [-0.39, 0.29) is 24.0 Å². The zero-order chi connectivity index (χ0) is 12.7. The first-order valence-electron chi connectivity index (χ1n) is 7.47. The van der Waals surface area contributed by atoms with Gasteiger partial charge < -0.3 is 33.2 Å². The maximum atomic E-state index is 5.45. The highest BCUT2D eigenvalue weighted by atomic mass is 127. The summed E-state index contributed by atoms with van der Waals surface area (Å²) in [7, 11) is 2.39. The van der Waals surface area contributed by atoms with Crippen LogP contribution in [0.1, 0.15) is 46.5 Å². The standard InChI is InChI=1S/C15H32NO.HI/c1-5-14(2)6-7-15(3)8-9-16(4)10-12-17-13-11-16;/h14-15H,5-13H2,1-4H3;1H/q+1;/p-1. The van der Waals surface area contributed by atoms with Gasteiger partial charge in [-0.1, -0.05) is 40.0 Å². The Bertz CT molecular complexity index is 205. The Labute approximate surface area is 131 Å². The first-order chi connectivity index (χ1) is 8.06. The molecule has 1 aliphatic rings. The fraction of sp³-hybridized carbons (Fsp3) is 1.00. The summed E-state index contributed by atoms with van der Waals surface area (Å²) < 4.78 is 6.68. The molecule has 0 aromatic rings. The molecule has 0 bridgehead atoms. The van der Waals surface area contributed by atoms with Gasteiger partial charge in [-0.15, -0.1) is 0 Å². The molecule has 3 heteroatoms. The zero-order valence-electron chi connectivity index (χ0n) is 12.8. The minimum Gasteiger partial charge on any atom is -1.00 e. The van der Waals surface area contributed by atoms with Gasteiger partial charge in [0.1, 0.15) is 13.1 Å². The molecule has 18 heavy (non-hydrogen) atoms. The highest BCUT2D eigenvalue weighted by Gasteiger charge is 2.25. The Morgan fingerprint density at radius 2 is 1.56 bits per heavy atom. The highest BCUT2D eigenvalue weighted by Crippen LogP contribution is 2.19. The molecule has 2 atom stereocenters. The number of nitrogens with zero attached hydrogens (tertiary/aromatic N) is 1. The van der Waals surface area contributed by atoms with E-state index >= 15 is 0 Å². The molecule has 0 aliphatic carbocycles. The third kappa shape index (κ3) is 7.29. The Kier molecular flexibility index (Phi) is 9.88. The lowest BCUT2D eigenvalue weighted by Crippen LogP contribution is -3.00. The van der Waals surface area contributed by atoms with Crippen LogP contribution < -0.4 is 24.0 Å². The Morgan fingerprint density at radius 1 is 1.00 bits per heavy atom. The molecule has 1 fully saturated rings. The van der Waals surface area contributed by atoms with E-state index in [0.29, 0.717) is 0 Å². The summed E-state index contributed by atoms with van der Waals surface area (Å²) in [6.45, 7) is 12.8. The minimum absolute atomic E-state index is 0. The molecule has 0 N–H and O–H groups in total. The number of hydrogen-bond acceptors (Lipinski definition) is 1. The van der Waals surface area contributed by atoms with Gasteiger partial charge in [-0.05, 0) is 18.3 Å². The third-order valence-corrected chi connectivity index (χ3v) is 4.56. The van der Waals surface area contributed by atoms with Crippen molar-refractivity contribution in [2.24, 2.45) is 11.8 Å². The predicted molar refractivity (Wildman–Crippen MR) is 74.1 cm³/mol. The van der Waals surface area contributed by atoms with Crippen LogP contribution >= 0.6 is 0 Å². The molecule has 1 aliphatic heterocycles. The van der Waals surface area contributed by atoms with Gasteiger partial charge in [-0.3, -0.25) is 0 Å². The van der Waals surface area contributed by atoms with Gasteiger partial charge in [0.2, 0.25) is 0 Å². The largest absolute Gasteiger partial charge is 1.00 e.